The van der Waals surface area contributed by atoms with Crippen LogP contribution in [0.1, 0.15) is 138 Å². The van der Waals surface area contributed by atoms with Gasteiger partial charge in [-0.3, -0.25) is 52.9 Å². The minimum Gasteiger partial charge on any atom is -0.445 e. The summed E-state index contributed by atoms with van der Waals surface area (Å²) in [6.45, 7) is 24.8. The van der Waals surface area contributed by atoms with Crippen molar-refractivity contribution in [3.8, 4) is 0 Å². The van der Waals surface area contributed by atoms with Crippen LogP contribution in [-0.4, -0.2) is 227 Å². The molecule has 0 unspecified atom stereocenters. The zero-order valence-corrected chi connectivity index (χ0v) is 65.5. The van der Waals surface area contributed by atoms with E-state index in [1.165, 1.54) is 33.8 Å². The lowest BCUT2D eigenvalue weighted by Gasteiger charge is -2.41. The topological polar surface area (TPSA) is 326 Å². The van der Waals surface area contributed by atoms with E-state index in [4.69, 9.17) is 24.9 Å². The molecule has 0 radical (unpaired) electrons. The number of ketones is 3. The third-order valence-corrected chi connectivity index (χ3v) is 22.2. The van der Waals surface area contributed by atoms with Crippen LogP contribution in [-0.2, 0) is 75.2 Å². The number of Topliss-reactive ketones (excluding diaryl/α,β-unsaturated/α-hetero) is 3. The number of hydrogen-bond donors (Lipinski definition) is 4. The van der Waals surface area contributed by atoms with Crippen molar-refractivity contribution in [3.63, 3.8) is 0 Å². The summed E-state index contributed by atoms with van der Waals surface area (Å²) >= 11 is 2.87. The molecule has 0 aromatic heterocycles. The van der Waals surface area contributed by atoms with Gasteiger partial charge in [-0.05, 0) is 91.2 Å². The second-order valence-electron chi connectivity index (χ2n) is 28.7. The molecule has 0 aliphatic carbocycles. The normalized spacial score (nSPS) is 17.4. The van der Waals surface area contributed by atoms with Crippen LogP contribution in [0.25, 0.3) is 0 Å². The molecule has 2 aromatic rings. The standard InChI is InChI=1S/C77H115N11O15S2/c1-16-51(10)71(63(101-14)42-68(96)88-35-23-27-59(88)72(102-15)52(11)60(89)40-56(74-79-34-37-105-74)38-53-24-20-19-21-25-53)83(12)75(98)58(48(4)5)41-62(91)70(50(8)9)84(13)77(100)103-43-54-28-30-57(31-29-54)81-73(97)55(26-22-33-80-76(78)99)39-61(90)69(49(6)7)82-64(92)44-104-36-32-67(95)87-46-85(65(93)17-2)45-86(47-87)66(94)18-3/h17-21,24-25,28-31,48-52,55-56,58-59,63,69-72H,2-3,16,22-23,26-27,32-47H2,1,4-15H3,(H,81,97)(H,82,92)(H3,78,80,99)/t51-,52-,55+,56+,58-,59-,63+,69-,70-,71-,72+/m0/s1. The molecule has 2 aromatic carbocycles. The molecule has 26 nitrogen and oxygen atoms in total. The number of carbonyl (C=O) groups is 12. The molecule has 0 bridgehead atoms. The second kappa shape index (κ2) is 43.6. The first kappa shape index (κ1) is 87.7. The Balaban J connectivity index is 1.17. The highest BCUT2D eigenvalue weighted by molar-refractivity contribution is 8.14. The summed E-state index contributed by atoms with van der Waals surface area (Å²) in [6.07, 6.45) is 3.13. The Bertz CT molecular complexity index is 3310. The van der Waals surface area contributed by atoms with Crippen molar-refractivity contribution < 1.29 is 71.7 Å². The fourth-order valence-corrected chi connectivity index (χ4v) is 15.8. The monoisotopic (exact) mass is 1500 g/mol. The zero-order chi connectivity index (χ0) is 77.8. The molecule has 580 valence electrons. The van der Waals surface area contributed by atoms with E-state index in [1.54, 1.807) is 68.9 Å². The molecule has 28 heteroatoms. The van der Waals surface area contributed by atoms with E-state index in [0.29, 0.717) is 43.5 Å². The van der Waals surface area contributed by atoms with Crippen molar-refractivity contribution in [2.45, 2.75) is 176 Å². The predicted molar refractivity (Wildman–Crippen MR) is 408 cm³/mol. The lowest BCUT2D eigenvalue weighted by molar-refractivity contribution is -0.154. The van der Waals surface area contributed by atoms with Gasteiger partial charge in [0.2, 0.25) is 41.4 Å². The Kier molecular flexibility index (Phi) is 36.4. The number of nitrogens with zero attached hydrogens (tertiary/aromatic N) is 7. The van der Waals surface area contributed by atoms with Crippen LogP contribution in [0, 0.1) is 47.3 Å². The van der Waals surface area contributed by atoms with Crippen LogP contribution in [0.4, 0.5) is 15.3 Å². The highest BCUT2D eigenvalue weighted by Crippen LogP contribution is 2.34. The lowest BCUT2D eigenvalue weighted by Crippen LogP contribution is -2.59. The Labute approximate surface area is 629 Å². The molecule has 3 heterocycles. The van der Waals surface area contributed by atoms with E-state index >= 15 is 0 Å². The second-order valence-corrected chi connectivity index (χ2v) is 30.9. The van der Waals surface area contributed by atoms with Crippen LogP contribution in [0.3, 0.4) is 0 Å². The SMILES string of the molecule is C=CC(=O)N1CN(C(=O)C=C)CN(C(=O)CCSCC(=O)N[C@H](C(=O)C[C@@H](CCCNC(N)=O)C(=O)Nc2ccc(COC(=O)N(C)[C@H](C(=O)C[C@H](C(=O)N(C)[C@@H]([C@@H](C)CC)[C@@H](CC(=O)N3CCC[C@H]3[C@H](OC)[C@@H](C)C(=O)C[C@@H](Cc3ccccc3)C3=NCCS3)OC)C(C)C)C(C)C)cc2)C(C)C)C1. The van der Waals surface area contributed by atoms with Gasteiger partial charge >= 0.3 is 12.1 Å². The van der Waals surface area contributed by atoms with Gasteiger partial charge in [-0.15, -0.1) is 11.8 Å². The molecule has 3 aliphatic heterocycles. The number of urea groups is 1. The number of carbonyl (C=O) groups excluding carboxylic acids is 12. The van der Waals surface area contributed by atoms with Gasteiger partial charge in [0.1, 0.15) is 12.4 Å². The third-order valence-electron chi connectivity index (χ3n) is 20.1. The highest BCUT2D eigenvalue weighted by atomic mass is 32.2. The number of aliphatic imine (C=N–C) groups is 1. The number of benzene rings is 2. The number of hydrogen-bond acceptors (Lipinski definition) is 18. The Hall–Kier alpha value is -7.95. The molecule has 2 saturated heterocycles. The fraction of sp³-hybridized carbons (Fsp3) is 0.623. The number of nitrogens with two attached hydrogens (primary N) is 1. The molecule has 105 heavy (non-hydrogen) atoms. The number of likely N-dealkylation sites (N-methyl/N-ethyl adjacent to an activating group) is 2. The zero-order valence-electron chi connectivity index (χ0n) is 63.8. The smallest absolute Gasteiger partial charge is 0.410 e. The highest BCUT2D eigenvalue weighted by Gasteiger charge is 2.45. The predicted octanol–water partition coefficient (Wildman–Crippen LogP) is 8.37. The number of rotatable bonds is 43. The maximum atomic E-state index is 15.0. The van der Waals surface area contributed by atoms with E-state index in [2.05, 4.69) is 41.2 Å². The summed E-state index contributed by atoms with van der Waals surface area (Å²) in [5.41, 5.74) is 7.34. The maximum Gasteiger partial charge on any atom is 0.410 e. The largest absolute Gasteiger partial charge is 0.445 e. The number of ether oxygens (including phenoxy) is 3. The van der Waals surface area contributed by atoms with Gasteiger partial charge in [-0.25, -0.2) is 9.59 Å². The van der Waals surface area contributed by atoms with Crippen LogP contribution >= 0.6 is 23.5 Å². The van der Waals surface area contributed by atoms with Crippen molar-refractivity contribution in [3.05, 3.63) is 91.0 Å². The molecule has 0 spiro atoms. The van der Waals surface area contributed by atoms with Crippen molar-refractivity contribution in [1.82, 2.24) is 40.0 Å². The summed E-state index contributed by atoms with van der Waals surface area (Å²) in [6, 6.07) is 13.0. The number of methoxy groups -OCH3 is 2. The van der Waals surface area contributed by atoms with Gasteiger partial charge in [-0.1, -0.05) is 124 Å². The molecule has 5 rings (SSSR count). The van der Waals surface area contributed by atoms with Crippen LogP contribution in [0.5, 0.6) is 0 Å². The molecule has 11 atom stereocenters. The molecule has 10 amide bonds. The van der Waals surface area contributed by atoms with Crippen LogP contribution in [0.15, 0.2) is 84.9 Å². The van der Waals surface area contributed by atoms with Crippen molar-refractivity contribution in [1.29, 1.82) is 0 Å². The molecule has 0 saturated carbocycles. The number of thioether (sulfide) groups is 2. The average Bonchev–Trinajstić information content (AvgIpc) is 1.80. The molecular weight excluding hydrogens is 1380 g/mol. The summed E-state index contributed by atoms with van der Waals surface area (Å²) in [5, 5.41) is 9.16. The number of anilines is 1. The summed E-state index contributed by atoms with van der Waals surface area (Å²) in [5.74, 6) is -5.84. The molecule has 2 fully saturated rings. The number of nitrogens with one attached hydrogen (secondary N) is 3. The molecule has 5 N–H and O–H groups in total. The molecule has 3 aliphatic rings. The van der Waals surface area contributed by atoms with E-state index < -0.39 is 89.6 Å². The molecular formula is C77H115N11O15S2. The minimum atomic E-state index is -0.976. The van der Waals surface area contributed by atoms with E-state index in [1.807, 2.05) is 71.6 Å². The summed E-state index contributed by atoms with van der Waals surface area (Å²) in [4.78, 5) is 177. The number of primary amides is 1. The van der Waals surface area contributed by atoms with Crippen LogP contribution in [0.2, 0.25) is 0 Å². The first-order valence-electron chi connectivity index (χ1n) is 36.6. The van der Waals surface area contributed by atoms with Gasteiger partial charge in [0, 0.05) is 114 Å². The summed E-state index contributed by atoms with van der Waals surface area (Å²) < 4.78 is 18.1. The Morgan fingerprint density at radius 2 is 1.40 bits per heavy atom. The summed E-state index contributed by atoms with van der Waals surface area (Å²) in [7, 11) is 6.32. The number of amides is 10. The van der Waals surface area contributed by atoms with Gasteiger partial charge < -0.3 is 65.3 Å². The maximum absolute atomic E-state index is 15.0. The quantitative estimate of drug-likeness (QED) is 0.0358. The third kappa shape index (κ3) is 26.2. The van der Waals surface area contributed by atoms with Gasteiger partial charge in [0.25, 0.3) is 0 Å². The van der Waals surface area contributed by atoms with Gasteiger partial charge in [0.15, 0.2) is 11.6 Å². The Morgan fingerprint density at radius 1 is 0.752 bits per heavy atom. The average molecular weight is 1500 g/mol. The minimum absolute atomic E-state index is 0.00816. The van der Waals surface area contributed by atoms with Gasteiger partial charge in [-0.2, -0.15) is 11.8 Å². The van der Waals surface area contributed by atoms with E-state index in [9.17, 15) is 57.5 Å². The van der Waals surface area contributed by atoms with Gasteiger partial charge in [0.05, 0.1) is 73.6 Å². The first-order valence-corrected chi connectivity index (χ1v) is 38.7. The van der Waals surface area contributed by atoms with Crippen molar-refractivity contribution in [2.24, 2.45) is 58.1 Å². The van der Waals surface area contributed by atoms with E-state index in [0.717, 1.165) is 53.2 Å². The van der Waals surface area contributed by atoms with Crippen molar-refractivity contribution >= 4 is 105 Å². The first-order chi connectivity index (χ1) is 49.9. The fourth-order valence-electron chi connectivity index (χ4n) is 14.1. The number of likely N-dealkylation sites (tertiary alicyclic amines) is 1. The van der Waals surface area contributed by atoms with Crippen LogP contribution < -0.4 is 21.7 Å². The van der Waals surface area contributed by atoms with Crippen molar-refractivity contribution in [2.75, 3.05) is 90.5 Å². The van der Waals surface area contributed by atoms with E-state index in [-0.39, 0.29) is 148 Å². The Morgan fingerprint density at radius 3 is 1.96 bits per heavy atom. The lowest BCUT2D eigenvalue weighted by atomic mass is 9.83.